The minimum atomic E-state index is -0.348. The van der Waals surface area contributed by atoms with E-state index in [1.54, 1.807) is 12.5 Å². The van der Waals surface area contributed by atoms with Crippen molar-refractivity contribution in [2.45, 2.75) is 13.1 Å². The number of carbonyl (C=O) groups excluding carboxylic acids is 1. The van der Waals surface area contributed by atoms with E-state index in [0.717, 1.165) is 37.7 Å². The summed E-state index contributed by atoms with van der Waals surface area (Å²) < 4.78 is 10.9. The molecule has 1 amide bonds. The molecule has 0 unspecified atom stereocenters. The third kappa shape index (κ3) is 2.58. The summed E-state index contributed by atoms with van der Waals surface area (Å²) in [4.78, 5) is 15.2. The van der Waals surface area contributed by atoms with Gasteiger partial charge in [-0.05, 0) is 24.3 Å². The molecular weight excluding hydrogens is 294 g/mol. The van der Waals surface area contributed by atoms with Crippen molar-refractivity contribution in [3.05, 3.63) is 48.3 Å². The second-order valence-electron chi connectivity index (χ2n) is 6.43. The van der Waals surface area contributed by atoms with E-state index >= 15 is 0 Å². The summed E-state index contributed by atoms with van der Waals surface area (Å²) in [5.41, 5.74) is -0.348. The maximum atomic E-state index is 13.4. The van der Waals surface area contributed by atoms with Crippen LogP contribution in [0.5, 0.6) is 0 Å². The molecule has 0 atom stereocenters. The van der Waals surface area contributed by atoms with Crippen LogP contribution < -0.4 is 10.6 Å². The highest BCUT2D eigenvalue weighted by Crippen LogP contribution is 2.37. The number of fused-ring (bicyclic) bond motifs is 1. The van der Waals surface area contributed by atoms with Gasteiger partial charge in [-0.25, -0.2) is 0 Å². The molecule has 0 aromatic carbocycles. The van der Waals surface area contributed by atoms with Crippen LogP contribution in [0.1, 0.15) is 11.5 Å². The Morgan fingerprint density at radius 2 is 1.65 bits per heavy atom. The predicted octanol–water partition coefficient (Wildman–Crippen LogP) is 1.21. The van der Waals surface area contributed by atoms with E-state index in [0.29, 0.717) is 19.0 Å². The maximum Gasteiger partial charge on any atom is 0.232 e. The molecule has 2 aliphatic heterocycles. The van der Waals surface area contributed by atoms with E-state index in [1.165, 1.54) is 0 Å². The molecule has 0 spiro atoms. The van der Waals surface area contributed by atoms with Crippen LogP contribution in [-0.2, 0) is 17.9 Å². The Bertz CT molecular complexity index is 604. The molecule has 4 heterocycles. The first kappa shape index (κ1) is 14.5. The summed E-state index contributed by atoms with van der Waals surface area (Å²) >= 11 is 0. The van der Waals surface area contributed by atoms with Crippen LogP contribution in [0.4, 0.5) is 0 Å². The molecule has 2 aromatic rings. The van der Waals surface area contributed by atoms with Crippen molar-refractivity contribution in [3.8, 4) is 0 Å². The molecule has 0 radical (unpaired) electrons. The van der Waals surface area contributed by atoms with Crippen molar-refractivity contribution in [3.63, 3.8) is 0 Å². The van der Waals surface area contributed by atoms with E-state index in [-0.39, 0.29) is 11.3 Å². The lowest BCUT2D eigenvalue weighted by molar-refractivity contribution is -0.143. The molecule has 6 nitrogen and oxygen atoms in total. The molecule has 2 aromatic heterocycles. The summed E-state index contributed by atoms with van der Waals surface area (Å²) in [5, 5.41) is 6.77. The third-order valence-corrected chi connectivity index (χ3v) is 5.01. The van der Waals surface area contributed by atoms with Crippen LogP contribution in [0.25, 0.3) is 0 Å². The Morgan fingerprint density at radius 1 is 1.09 bits per heavy atom. The van der Waals surface area contributed by atoms with Gasteiger partial charge in [0.05, 0.1) is 31.0 Å². The highest BCUT2D eigenvalue weighted by atomic mass is 16.3. The number of furan rings is 2. The first-order valence-electron chi connectivity index (χ1n) is 8.03. The van der Waals surface area contributed by atoms with E-state index in [1.807, 2.05) is 29.2 Å². The normalized spacial score (nSPS) is 26.3. The third-order valence-electron chi connectivity index (χ3n) is 5.01. The van der Waals surface area contributed by atoms with Crippen molar-refractivity contribution >= 4 is 5.91 Å². The SMILES string of the molecule is O=C(N(Cc1ccco1)Cc1ccco1)C12CNCC1CNC2. The molecule has 0 aliphatic carbocycles. The van der Waals surface area contributed by atoms with Crippen molar-refractivity contribution in [1.82, 2.24) is 15.5 Å². The highest BCUT2D eigenvalue weighted by molar-refractivity contribution is 5.84. The van der Waals surface area contributed by atoms with Gasteiger partial charge >= 0.3 is 0 Å². The molecule has 0 bridgehead atoms. The van der Waals surface area contributed by atoms with E-state index < -0.39 is 0 Å². The first-order chi connectivity index (χ1) is 11.3. The van der Waals surface area contributed by atoms with E-state index in [2.05, 4.69) is 10.6 Å². The Kier molecular flexibility index (Phi) is 3.71. The molecule has 4 rings (SSSR count). The fourth-order valence-electron chi connectivity index (χ4n) is 3.77. The Labute approximate surface area is 134 Å². The van der Waals surface area contributed by atoms with Gasteiger partial charge in [-0.1, -0.05) is 0 Å². The highest BCUT2D eigenvalue weighted by Gasteiger charge is 2.53. The van der Waals surface area contributed by atoms with Crippen LogP contribution in [0.3, 0.4) is 0 Å². The van der Waals surface area contributed by atoms with Crippen LogP contribution in [0.15, 0.2) is 45.6 Å². The summed E-state index contributed by atoms with van der Waals surface area (Å²) in [6, 6.07) is 7.50. The molecule has 122 valence electrons. The second-order valence-corrected chi connectivity index (χ2v) is 6.43. The molecule has 2 aliphatic rings. The van der Waals surface area contributed by atoms with Crippen molar-refractivity contribution in [2.24, 2.45) is 11.3 Å². The van der Waals surface area contributed by atoms with Gasteiger partial charge in [-0.2, -0.15) is 0 Å². The second kappa shape index (κ2) is 5.86. The lowest BCUT2D eigenvalue weighted by Crippen LogP contribution is -2.48. The topological polar surface area (TPSA) is 70.7 Å². The molecule has 0 saturated carbocycles. The number of hydrogen-bond donors (Lipinski definition) is 2. The minimum Gasteiger partial charge on any atom is -0.467 e. The predicted molar refractivity (Wildman–Crippen MR) is 83.3 cm³/mol. The van der Waals surface area contributed by atoms with Gasteiger partial charge < -0.3 is 24.4 Å². The molecular formula is C17H21N3O3. The standard InChI is InChI=1S/C17H21N3O3/c21-16(17-11-18-7-13(17)8-19-12-17)20(9-14-3-1-5-22-14)10-15-4-2-6-23-15/h1-6,13,18-19H,7-12H2. The number of amides is 1. The smallest absolute Gasteiger partial charge is 0.232 e. The zero-order chi connectivity index (χ0) is 15.7. The van der Waals surface area contributed by atoms with Gasteiger partial charge in [-0.3, -0.25) is 4.79 Å². The minimum absolute atomic E-state index is 0.172. The quantitative estimate of drug-likeness (QED) is 0.868. The Morgan fingerprint density at radius 3 is 2.13 bits per heavy atom. The zero-order valence-electron chi connectivity index (χ0n) is 13.0. The maximum absolute atomic E-state index is 13.4. The lowest BCUT2D eigenvalue weighted by Gasteiger charge is -2.32. The van der Waals surface area contributed by atoms with Gasteiger partial charge in [0.2, 0.25) is 5.91 Å². The Balaban J connectivity index is 1.59. The van der Waals surface area contributed by atoms with Gasteiger partial charge in [0.25, 0.3) is 0 Å². The monoisotopic (exact) mass is 315 g/mol. The number of rotatable bonds is 5. The van der Waals surface area contributed by atoms with Gasteiger partial charge in [-0.15, -0.1) is 0 Å². The average Bonchev–Trinajstić information content (AvgIpc) is 3.30. The van der Waals surface area contributed by atoms with E-state index in [4.69, 9.17) is 8.83 Å². The summed E-state index contributed by atoms with van der Waals surface area (Å²) in [7, 11) is 0. The number of hydrogen-bond acceptors (Lipinski definition) is 5. The summed E-state index contributed by atoms with van der Waals surface area (Å²) in [6.07, 6.45) is 3.28. The number of nitrogens with zero attached hydrogens (tertiary/aromatic N) is 1. The van der Waals surface area contributed by atoms with Crippen molar-refractivity contribution in [1.29, 1.82) is 0 Å². The zero-order valence-corrected chi connectivity index (χ0v) is 13.0. The Hall–Kier alpha value is -2.05. The fourth-order valence-corrected chi connectivity index (χ4v) is 3.77. The number of nitrogens with one attached hydrogen (secondary N) is 2. The lowest BCUT2D eigenvalue weighted by atomic mass is 9.79. The van der Waals surface area contributed by atoms with Crippen molar-refractivity contribution < 1.29 is 13.6 Å². The summed E-state index contributed by atoms with van der Waals surface area (Å²) in [6.45, 7) is 4.18. The molecule has 2 fully saturated rings. The summed E-state index contributed by atoms with van der Waals surface area (Å²) in [5.74, 6) is 2.10. The van der Waals surface area contributed by atoms with Crippen LogP contribution in [-0.4, -0.2) is 37.0 Å². The first-order valence-corrected chi connectivity index (χ1v) is 8.03. The van der Waals surface area contributed by atoms with E-state index in [9.17, 15) is 4.79 Å². The molecule has 6 heteroatoms. The average molecular weight is 315 g/mol. The van der Waals surface area contributed by atoms with Crippen molar-refractivity contribution in [2.75, 3.05) is 26.2 Å². The van der Waals surface area contributed by atoms with Crippen LogP contribution >= 0.6 is 0 Å². The molecule has 2 N–H and O–H groups in total. The van der Waals surface area contributed by atoms with Crippen LogP contribution in [0.2, 0.25) is 0 Å². The van der Waals surface area contributed by atoms with Gasteiger partial charge in [0, 0.05) is 32.1 Å². The number of carbonyl (C=O) groups is 1. The van der Waals surface area contributed by atoms with Gasteiger partial charge in [0.1, 0.15) is 11.5 Å². The van der Waals surface area contributed by atoms with Gasteiger partial charge in [0.15, 0.2) is 0 Å². The fraction of sp³-hybridized carbons (Fsp3) is 0.471. The van der Waals surface area contributed by atoms with Crippen LogP contribution in [0, 0.1) is 11.3 Å². The molecule has 2 saturated heterocycles. The largest absolute Gasteiger partial charge is 0.467 e. The molecule has 23 heavy (non-hydrogen) atoms.